The number of ketones is 1. The van der Waals surface area contributed by atoms with Crippen molar-refractivity contribution in [1.82, 2.24) is 0 Å². The van der Waals surface area contributed by atoms with Crippen molar-refractivity contribution < 1.29 is 29.6 Å². The number of nitrogens with two attached hydrogens (primary N) is 1. The Morgan fingerprint density at radius 2 is 1.80 bits per heavy atom. The van der Waals surface area contributed by atoms with Crippen molar-refractivity contribution in [3.05, 3.63) is 106 Å². The van der Waals surface area contributed by atoms with Crippen molar-refractivity contribution in [2.24, 2.45) is 0 Å². The van der Waals surface area contributed by atoms with Crippen LogP contribution in [0.25, 0.3) is 0 Å². The first-order chi connectivity index (χ1) is 19.0. The molecule has 1 aliphatic rings. The highest BCUT2D eigenvalue weighted by atomic mass is 16.5. The summed E-state index contributed by atoms with van der Waals surface area (Å²) in [6.45, 7) is 12.7. The number of phenolic OH excluding ortho intramolecular Hbond substituents is 1. The number of Topliss-reactive ketones (excluding diaryl/α,β-unsaturated/α-hetero) is 1. The molecule has 0 radical (unpaired) electrons. The number of ether oxygens (including phenoxy) is 1. The summed E-state index contributed by atoms with van der Waals surface area (Å²) in [6.07, 6.45) is 11.2. The molecule has 0 bridgehead atoms. The Labute approximate surface area is 237 Å². The number of aliphatic hydroxyl groups excluding tert-OH is 2. The Morgan fingerprint density at radius 1 is 1.12 bits per heavy atom. The van der Waals surface area contributed by atoms with Crippen LogP contribution in [0.5, 0.6) is 5.75 Å². The zero-order chi connectivity index (χ0) is 30.0. The molecule has 0 aliphatic heterocycles. The number of allylic oxidation sites excluding steroid dienone is 9. The molecule has 0 amide bonds. The van der Waals surface area contributed by atoms with E-state index < -0.39 is 23.4 Å². The molecule has 214 valence electrons. The third-order valence-corrected chi connectivity index (χ3v) is 6.52. The van der Waals surface area contributed by atoms with E-state index >= 15 is 0 Å². The first kappa shape index (κ1) is 32.0. The second-order valence-corrected chi connectivity index (χ2v) is 9.59. The van der Waals surface area contributed by atoms with Crippen LogP contribution in [0.15, 0.2) is 100 Å². The number of aromatic hydroxyl groups is 1. The van der Waals surface area contributed by atoms with Crippen LogP contribution < -0.4 is 5.73 Å². The predicted octanol–water partition coefficient (Wildman–Crippen LogP) is 7.71. The minimum atomic E-state index is -1.37. The standard InChI is InChI=1S/C33H41NO6/c1-7-11-15-24-22(13-9-3)18-27(37)31(32(24)38)30(25-19-23(34)16-17-26(25)36)29(21(6)35)33(39)40-28(14-10-4)20(5)12-8-2/h9,11-12,14-17,19,30,35-36,38H,3,7-8,10,13,18,34H2,1-2,4-6H3/b15-11-,20-12-,28-14+,29-21+. The van der Waals surface area contributed by atoms with Crippen LogP contribution in [0, 0.1) is 0 Å². The lowest BCUT2D eigenvalue weighted by molar-refractivity contribution is -0.135. The van der Waals surface area contributed by atoms with Gasteiger partial charge in [-0.15, -0.1) is 6.58 Å². The number of anilines is 1. The largest absolute Gasteiger partial charge is 0.512 e. The number of hydrogen-bond donors (Lipinski definition) is 4. The summed E-state index contributed by atoms with van der Waals surface area (Å²) in [6, 6.07) is 4.23. The van der Waals surface area contributed by atoms with E-state index in [4.69, 9.17) is 10.5 Å². The fraction of sp³-hybridized carbons (Fsp3) is 0.333. The predicted molar refractivity (Wildman–Crippen MR) is 160 cm³/mol. The average Bonchev–Trinajstić information content (AvgIpc) is 2.89. The third kappa shape index (κ3) is 7.44. The van der Waals surface area contributed by atoms with E-state index in [1.807, 2.05) is 39.8 Å². The van der Waals surface area contributed by atoms with E-state index in [9.17, 15) is 24.9 Å². The Kier molecular flexibility index (Phi) is 11.8. The molecule has 7 heteroatoms. The van der Waals surface area contributed by atoms with E-state index in [-0.39, 0.29) is 40.3 Å². The second kappa shape index (κ2) is 14.8. The third-order valence-electron chi connectivity index (χ3n) is 6.52. The average molecular weight is 548 g/mol. The van der Waals surface area contributed by atoms with Crippen LogP contribution in [-0.2, 0) is 14.3 Å². The lowest BCUT2D eigenvalue weighted by Crippen LogP contribution is -2.26. The maximum Gasteiger partial charge on any atom is 0.343 e. The Balaban J connectivity index is 2.92. The van der Waals surface area contributed by atoms with Gasteiger partial charge in [-0.25, -0.2) is 4.79 Å². The fourth-order valence-electron chi connectivity index (χ4n) is 4.68. The van der Waals surface area contributed by atoms with Crippen LogP contribution in [0.1, 0.15) is 78.2 Å². The summed E-state index contributed by atoms with van der Waals surface area (Å²) in [5.74, 6) is -3.48. The van der Waals surface area contributed by atoms with E-state index in [1.54, 1.807) is 18.2 Å². The quantitative estimate of drug-likeness (QED) is 0.0401. The molecule has 1 aliphatic carbocycles. The normalized spacial score (nSPS) is 16.4. The molecule has 0 aromatic heterocycles. The summed E-state index contributed by atoms with van der Waals surface area (Å²) in [5, 5.41) is 33.4. The maximum absolute atomic E-state index is 13.8. The summed E-state index contributed by atoms with van der Waals surface area (Å²) in [5.41, 5.74) is 7.77. The van der Waals surface area contributed by atoms with Gasteiger partial charge in [0.2, 0.25) is 0 Å². The number of benzene rings is 1. The number of carbonyl (C=O) groups excluding carboxylic acids is 2. The molecular formula is C33H41NO6. The molecule has 5 N–H and O–H groups in total. The van der Waals surface area contributed by atoms with Gasteiger partial charge in [0.15, 0.2) is 5.78 Å². The van der Waals surface area contributed by atoms with E-state index in [0.717, 1.165) is 5.57 Å². The summed E-state index contributed by atoms with van der Waals surface area (Å²) < 4.78 is 5.78. The Hall–Kier alpha value is -4.26. The first-order valence-electron chi connectivity index (χ1n) is 13.6. The van der Waals surface area contributed by atoms with Gasteiger partial charge in [0.25, 0.3) is 0 Å². The Morgan fingerprint density at radius 3 is 2.38 bits per heavy atom. The monoisotopic (exact) mass is 547 g/mol. The molecule has 0 spiro atoms. The van der Waals surface area contributed by atoms with Gasteiger partial charge in [0, 0.05) is 23.2 Å². The Bertz CT molecular complexity index is 1330. The van der Waals surface area contributed by atoms with E-state index in [2.05, 4.69) is 6.58 Å². The molecule has 40 heavy (non-hydrogen) atoms. The lowest BCUT2D eigenvalue weighted by atomic mass is 9.75. The number of rotatable bonds is 12. The van der Waals surface area contributed by atoms with Crippen LogP contribution in [0.2, 0.25) is 0 Å². The summed E-state index contributed by atoms with van der Waals surface area (Å²) >= 11 is 0. The highest BCUT2D eigenvalue weighted by Gasteiger charge is 2.40. The fourth-order valence-corrected chi connectivity index (χ4v) is 4.68. The maximum atomic E-state index is 13.8. The van der Waals surface area contributed by atoms with Crippen molar-refractivity contribution in [2.45, 2.75) is 72.6 Å². The number of carbonyl (C=O) groups is 2. The minimum Gasteiger partial charge on any atom is -0.512 e. The van der Waals surface area contributed by atoms with Crippen LogP contribution in [0.3, 0.4) is 0 Å². The van der Waals surface area contributed by atoms with Crippen LogP contribution in [0.4, 0.5) is 5.69 Å². The van der Waals surface area contributed by atoms with Gasteiger partial charge in [-0.05, 0) is 75.0 Å². The zero-order valence-electron chi connectivity index (χ0n) is 24.1. The number of hydrogen-bond acceptors (Lipinski definition) is 7. The number of esters is 1. The molecule has 0 heterocycles. The molecule has 7 nitrogen and oxygen atoms in total. The van der Waals surface area contributed by atoms with Gasteiger partial charge in [-0.1, -0.05) is 45.1 Å². The SMILES string of the molecule is C=CCC1=C(/C=C\CC)C(O)=C(C(/C(C(=O)OC(=C/CC)/C(C)=C\CC)=C(/C)O)c2cc(N)ccc2O)C(=O)C1. The first-order valence-corrected chi connectivity index (χ1v) is 13.6. The van der Waals surface area contributed by atoms with Gasteiger partial charge >= 0.3 is 5.97 Å². The molecule has 0 saturated carbocycles. The highest BCUT2D eigenvalue weighted by Crippen LogP contribution is 2.45. The van der Waals surface area contributed by atoms with Gasteiger partial charge in [0.1, 0.15) is 23.0 Å². The number of aliphatic hydroxyl groups is 2. The zero-order valence-corrected chi connectivity index (χ0v) is 24.1. The molecule has 0 saturated heterocycles. The summed E-state index contributed by atoms with van der Waals surface area (Å²) in [7, 11) is 0. The van der Waals surface area contributed by atoms with Crippen molar-refractivity contribution in [3.63, 3.8) is 0 Å². The van der Waals surface area contributed by atoms with Crippen molar-refractivity contribution in [3.8, 4) is 5.75 Å². The smallest absolute Gasteiger partial charge is 0.343 e. The molecule has 1 aromatic rings. The van der Waals surface area contributed by atoms with E-state index in [1.165, 1.54) is 25.1 Å². The van der Waals surface area contributed by atoms with Gasteiger partial charge in [-0.2, -0.15) is 0 Å². The van der Waals surface area contributed by atoms with Crippen molar-refractivity contribution in [1.29, 1.82) is 0 Å². The van der Waals surface area contributed by atoms with Gasteiger partial charge in [-0.3, -0.25) is 4.79 Å². The van der Waals surface area contributed by atoms with E-state index in [0.29, 0.717) is 42.6 Å². The van der Waals surface area contributed by atoms with Crippen molar-refractivity contribution in [2.75, 3.05) is 5.73 Å². The van der Waals surface area contributed by atoms with Gasteiger partial charge in [0.05, 0.1) is 17.1 Å². The molecule has 1 atom stereocenters. The molecule has 0 fully saturated rings. The topological polar surface area (TPSA) is 130 Å². The van der Waals surface area contributed by atoms with Crippen molar-refractivity contribution >= 4 is 17.4 Å². The van der Waals surface area contributed by atoms with Crippen LogP contribution >= 0.6 is 0 Å². The lowest BCUT2D eigenvalue weighted by Gasteiger charge is -2.28. The molecule has 2 rings (SSSR count). The number of nitrogen functional groups attached to an aromatic ring is 1. The number of phenols is 1. The van der Waals surface area contributed by atoms with Gasteiger partial charge < -0.3 is 25.8 Å². The summed E-state index contributed by atoms with van der Waals surface area (Å²) in [4.78, 5) is 27.5. The molecule has 1 aromatic carbocycles. The highest BCUT2D eigenvalue weighted by molar-refractivity contribution is 6.05. The minimum absolute atomic E-state index is 0.0412. The van der Waals surface area contributed by atoms with Crippen LogP contribution in [-0.4, -0.2) is 27.1 Å². The molecule has 1 unspecified atom stereocenters. The molecular weight excluding hydrogens is 506 g/mol. The second-order valence-electron chi connectivity index (χ2n) is 9.59.